The number of aliphatic hydroxyl groups is 1. The first kappa shape index (κ1) is 11.9. The van der Waals surface area contributed by atoms with Gasteiger partial charge in [-0.1, -0.05) is 12.8 Å². The SMILES string of the molecule is NC1(C2(O)CCC3(CC2)OCCO3)CCCC1. The van der Waals surface area contributed by atoms with Gasteiger partial charge in [-0.05, 0) is 25.7 Å². The summed E-state index contributed by atoms with van der Waals surface area (Å²) in [7, 11) is 0. The summed E-state index contributed by atoms with van der Waals surface area (Å²) in [5, 5.41) is 10.8. The summed E-state index contributed by atoms with van der Waals surface area (Å²) in [6.07, 6.45) is 7.20. The highest BCUT2D eigenvalue weighted by Crippen LogP contribution is 2.48. The van der Waals surface area contributed by atoms with Crippen molar-refractivity contribution in [3.63, 3.8) is 0 Å². The van der Waals surface area contributed by atoms with Crippen molar-refractivity contribution in [3.8, 4) is 0 Å². The van der Waals surface area contributed by atoms with E-state index >= 15 is 0 Å². The topological polar surface area (TPSA) is 64.7 Å². The van der Waals surface area contributed by atoms with Crippen LogP contribution in [0.15, 0.2) is 0 Å². The van der Waals surface area contributed by atoms with Crippen molar-refractivity contribution in [3.05, 3.63) is 0 Å². The van der Waals surface area contributed by atoms with Crippen molar-refractivity contribution in [1.29, 1.82) is 0 Å². The highest BCUT2D eigenvalue weighted by Gasteiger charge is 2.54. The predicted molar refractivity (Wildman–Crippen MR) is 63.4 cm³/mol. The van der Waals surface area contributed by atoms with Crippen molar-refractivity contribution < 1.29 is 14.6 Å². The molecule has 2 aliphatic carbocycles. The molecule has 0 bridgehead atoms. The molecule has 0 aromatic rings. The molecule has 0 aromatic heterocycles. The maximum atomic E-state index is 10.8. The molecule has 98 valence electrons. The minimum absolute atomic E-state index is 0.368. The molecule has 4 heteroatoms. The van der Waals surface area contributed by atoms with Crippen LogP contribution in [-0.2, 0) is 9.47 Å². The molecule has 0 radical (unpaired) electrons. The first-order valence-corrected chi connectivity index (χ1v) is 6.87. The summed E-state index contributed by atoms with van der Waals surface area (Å²) in [5.74, 6) is -0.402. The average Bonchev–Trinajstić information content (AvgIpc) is 2.94. The smallest absolute Gasteiger partial charge is 0.168 e. The molecular formula is C13H23NO3. The van der Waals surface area contributed by atoms with Crippen LogP contribution < -0.4 is 5.73 Å². The number of rotatable bonds is 1. The summed E-state index contributed by atoms with van der Waals surface area (Å²) in [6.45, 7) is 1.37. The third-order valence-electron chi connectivity index (χ3n) is 5.08. The zero-order valence-electron chi connectivity index (χ0n) is 10.4. The lowest BCUT2D eigenvalue weighted by Crippen LogP contribution is -2.62. The van der Waals surface area contributed by atoms with Crippen LogP contribution in [0.4, 0.5) is 0 Å². The second-order valence-electron chi connectivity index (χ2n) is 6.00. The van der Waals surface area contributed by atoms with Crippen molar-refractivity contribution in [2.45, 2.75) is 68.3 Å². The number of ether oxygens (including phenoxy) is 2. The molecule has 1 aliphatic heterocycles. The van der Waals surface area contributed by atoms with Gasteiger partial charge in [-0.3, -0.25) is 0 Å². The molecule has 0 amide bonds. The number of hydrogen-bond acceptors (Lipinski definition) is 4. The van der Waals surface area contributed by atoms with E-state index in [0.717, 1.165) is 38.5 Å². The van der Waals surface area contributed by atoms with Crippen LogP contribution >= 0.6 is 0 Å². The van der Waals surface area contributed by atoms with E-state index in [0.29, 0.717) is 26.1 Å². The third kappa shape index (κ3) is 1.82. The maximum Gasteiger partial charge on any atom is 0.168 e. The first-order chi connectivity index (χ1) is 8.08. The molecule has 1 saturated heterocycles. The number of nitrogens with two attached hydrogens (primary N) is 1. The van der Waals surface area contributed by atoms with E-state index in [1.165, 1.54) is 0 Å². The molecule has 0 unspecified atom stereocenters. The summed E-state index contributed by atoms with van der Waals surface area (Å²) in [4.78, 5) is 0. The number of hydrogen-bond donors (Lipinski definition) is 2. The van der Waals surface area contributed by atoms with Crippen molar-refractivity contribution in [2.24, 2.45) is 5.73 Å². The summed E-state index contributed by atoms with van der Waals surface area (Å²) < 4.78 is 11.4. The second-order valence-corrected chi connectivity index (χ2v) is 6.00. The molecule has 4 nitrogen and oxygen atoms in total. The van der Waals surface area contributed by atoms with Crippen LogP contribution in [0.2, 0.25) is 0 Å². The van der Waals surface area contributed by atoms with E-state index in [1.807, 2.05) is 0 Å². The van der Waals surface area contributed by atoms with Crippen molar-refractivity contribution >= 4 is 0 Å². The lowest BCUT2D eigenvalue weighted by molar-refractivity contribution is -0.212. The van der Waals surface area contributed by atoms with Gasteiger partial charge < -0.3 is 20.3 Å². The molecule has 1 spiro atoms. The van der Waals surface area contributed by atoms with Crippen LogP contribution in [-0.4, -0.2) is 35.2 Å². The Hall–Kier alpha value is -0.160. The van der Waals surface area contributed by atoms with Gasteiger partial charge in [0.1, 0.15) is 0 Å². The van der Waals surface area contributed by atoms with E-state index < -0.39 is 11.4 Å². The molecule has 17 heavy (non-hydrogen) atoms. The fourth-order valence-electron chi connectivity index (χ4n) is 3.80. The van der Waals surface area contributed by atoms with Gasteiger partial charge in [0.15, 0.2) is 5.79 Å². The minimum atomic E-state index is -0.704. The van der Waals surface area contributed by atoms with Crippen LogP contribution in [0, 0.1) is 0 Å². The standard InChI is InChI=1S/C13H23NO3/c14-11(3-1-2-4-11)12(15)5-7-13(8-6-12)16-9-10-17-13/h15H,1-10,14H2. The summed E-state index contributed by atoms with van der Waals surface area (Å²) in [6, 6.07) is 0. The van der Waals surface area contributed by atoms with Gasteiger partial charge in [0.2, 0.25) is 0 Å². The van der Waals surface area contributed by atoms with Crippen LogP contribution in [0.3, 0.4) is 0 Å². The van der Waals surface area contributed by atoms with Crippen molar-refractivity contribution in [2.75, 3.05) is 13.2 Å². The van der Waals surface area contributed by atoms with Gasteiger partial charge in [0.25, 0.3) is 0 Å². The van der Waals surface area contributed by atoms with E-state index in [2.05, 4.69) is 0 Å². The van der Waals surface area contributed by atoms with E-state index in [1.54, 1.807) is 0 Å². The van der Waals surface area contributed by atoms with Gasteiger partial charge in [-0.25, -0.2) is 0 Å². The fourth-order valence-corrected chi connectivity index (χ4v) is 3.80. The Bertz CT molecular complexity index is 283. The maximum absolute atomic E-state index is 10.8. The van der Waals surface area contributed by atoms with Gasteiger partial charge >= 0.3 is 0 Å². The molecule has 3 rings (SSSR count). The minimum Gasteiger partial charge on any atom is -0.388 e. The quantitative estimate of drug-likeness (QED) is 0.726. The Morgan fingerprint density at radius 1 is 0.824 bits per heavy atom. The lowest BCUT2D eigenvalue weighted by atomic mass is 9.68. The summed E-state index contributed by atoms with van der Waals surface area (Å²) in [5.41, 5.74) is 5.35. The Morgan fingerprint density at radius 3 is 1.88 bits per heavy atom. The average molecular weight is 241 g/mol. The van der Waals surface area contributed by atoms with Gasteiger partial charge in [-0.2, -0.15) is 0 Å². The Labute approximate surface area is 102 Å². The Kier molecular flexibility index (Phi) is 2.74. The van der Waals surface area contributed by atoms with Gasteiger partial charge in [-0.15, -0.1) is 0 Å². The molecule has 3 aliphatic rings. The van der Waals surface area contributed by atoms with E-state index in [-0.39, 0.29) is 5.54 Å². The molecule has 3 fully saturated rings. The van der Waals surface area contributed by atoms with E-state index in [4.69, 9.17) is 15.2 Å². The Morgan fingerprint density at radius 2 is 1.35 bits per heavy atom. The van der Waals surface area contributed by atoms with Crippen LogP contribution in [0.5, 0.6) is 0 Å². The largest absolute Gasteiger partial charge is 0.388 e. The molecule has 3 N–H and O–H groups in total. The molecule has 2 saturated carbocycles. The Balaban J connectivity index is 1.70. The predicted octanol–water partition coefficient (Wildman–Crippen LogP) is 1.31. The molecule has 0 aromatic carbocycles. The van der Waals surface area contributed by atoms with Gasteiger partial charge in [0, 0.05) is 18.4 Å². The molecule has 0 atom stereocenters. The van der Waals surface area contributed by atoms with E-state index in [9.17, 15) is 5.11 Å². The highest BCUT2D eigenvalue weighted by atomic mass is 16.7. The molecular weight excluding hydrogens is 218 g/mol. The summed E-state index contributed by atoms with van der Waals surface area (Å²) >= 11 is 0. The third-order valence-corrected chi connectivity index (χ3v) is 5.08. The van der Waals surface area contributed by atoms with Gasteiger partial charge in [0.05, 0.1) is 18.8 Å². The van der Waals surface area contributed by atoms with Crippen LogP contribution in [0.1, 0.15) is 51.4 Å². The van der Waals surface area contributed by atoms with Crippen LogP contribution in [0.25, 0.3) is 0 Å². The normalized spacial score (nSPS) is 34.2. The molecule has 1 heterocycles. The second kappa shape index (κ2) is 3.92. The monoisotopic (exact) mass is 241 g/mol. The first-order valence-electron chi connectivity index (χ1n) is 6.87. The zero-order chi connectivity index (χ0) is 12.0. The highest BCUT2D eigenvalue weighted by molar-refractivity contribution is 5.09. The zero-order valence-corrected chi connectivity index (χ0v) is 10.4. The fraction of sp³-hybridized carbons (Fsp3) is 1.00. The lowest BCUT2D eigenvalue weighted by Gasteiger charge is -2.48. The van der Waals surface area contributed by atoms with Crippen molar-refractivity contribution in [1.82, 2.24) is 0 Å².